The number of aromatic nitrogens is 1. The zero-order valence-corrected chi connectivity index (χ0v) is 21.4. The van der Waals surface area contributed by atoms with E-state index in [2.05, 4.69) is 18.7 Å². The highest BCUT2D eigenvalue weighted by Gasteiger charge is 2.19. The Morgan fingerprint density at radius 2 is 1.69 bits per heavy atom. The molecule has 1 aromatic heterocycles. The predicted molar refractivity (Wildman–Crippen MR) is 132 cm³/mol. The third-order valence-corrected chi connectivity index (χ3v) is 6.08. The molecule has 0 aliphatic heterocycles. The van der Waals surface area contributed by atoms with E-state index in [1.165, 1.54) is 6.07 Å². The molecule has 176 valence electrons. The van der Waals surface area contributed by atoms with Crippen molar-refractivity contribution in [2.24, 2.45) is 0 Å². The molecule has 0 N–H and O–H groups in total. The molecule has 0 fully saturated rings. The molecule has 0 amide bonds. The van der Waals surface area contributed by atoms with E-state index in [-0.39, 0.29) is 16.6 Å². The summed E-state index contributed by atoms with van der Waals surface area (Å²) in [5.41, 5.74) is 1.48. The Morgan fingerprint density at radius 1 is 1.09 bits per heavy atom. The molecule has 0 saturated carbocycles. The topological polar surface area (TPSA) is 51.5 Å². The second-order valence-electron chi connectivity index (χ2n) is 9.08. The van der Waals surface area contributed by atoms with Crippen molar-refractivity contribution in [1.29, 1.82) is 0 Å². The quantitative estimate of drug-likeness (QED) is 0.414. The number of nitrogens with zero attached hydrogens (tertiary/aromatic N) is 2. The number of ether oxygens (including phenoxy) is 1. The minimum Gasteiger partial charge on any atom is -0.456 e. The van der Waals surface area contributed by atoms with Crippen LogP contribution in [0.3, 0.4) is 0 Å². The Bertz CT molecular complexity index is 974. The van der Waals surface area contributed by atoms with E-state index in [0.717, 1.165) is 24.1 Å². The third kappa shape index (κ3) is 7.09. The first-order valence-electron chi connectivity index (χ1n) is 11.1. The van der Waals surface area contributed by atoms with Gasteiger partial charge >= 0.3 is 5.97 Å². The molecule has 7 heteroatoms. The zero-order valence-electron chi connectivity index (χ0n) is 19.9. The van der Waals surface area contributed by atoms with Gasteiger partial charge in [-0.05, 0) is 70.8 Å². The van der Waals surface area contributed by atoms with Gasteiger partial charge in [-0.25, -0.2) is 4.79 Å². The Labute approximate surface area is 201 Å². The van der Waals surface area contributed by atoms with E-state index >= 15 is 0 Å². The van der Waals surface area contributed by atoms with Crippen LogP contribution in [0.1, 0.15) is 69.1 Å². The number of esters is 1. The lowest BCUT2D eigenvalue weighted by Gasteiger charge is -2.28. The van der Waals surface area contributed by atoms with Gasteiger partial charge in [0.2, 0.25) is 0 Å². The fourth-order valence-electron chi connectivity index (χ4n) is 3.70. The highest BCUT2D eigenvalue weighted by molar-refractivity contribution is 6.34. The van der Waals surface area contributed by atoms with Crippen molar-refractivity contribution in [2.45, 2.75) is 78.6 Å². The van der Waals surface area contributed by atoms with E-state index < -0.39 is 5.60 Å². The molecule has 2 aromatic rings. The fraction of sp³-hybridized carbons (Fsp3) is 0.520. The fourth-order valence-corrected chi connectivity index (χ4v) is 4.23. The monoisotopic (exact) mass is 480 g/mol. The highest BCUT2D eigenvalue weighted by Crippen LogP contribution is 2.22. The van der Waals surface area contributed by atoms with Gasteiger partial charge in [0, 0.05) is 19.1 Å². The van der Waals surface area contributed by atoms with Crippen LogP contribution in [0.5, 0.6) is 0 Å². The van der Waals surface area contributed by atoms with Gasteiger partial charge < -0.3 is 9.30 Å². The first kappa shape index (κ1) is 26.4. The molecule has 0 radical (unpaired) electrons. The molecular formula is C25H34Cl2N2O3. The first-order valence-corrected chi connectivity index (χ1v) is 11.8. The third-order valence-electron chi connectivity index (χ3n) is 5.48. The largest absolute Gasteiger partial charge is 0.456 e. The Hall–Kier alpha value is -1.82. The van der Waals surface area contributed by atoms with Crippen LogP contribution in [0.15, 0.2) is 35.1 Å². The minimum absolute atomic E-state index is 0.115. The van der Waals surface area contributed by atoms with Crippen molar-refractivity contribution in [3.63, 3.8) is 0 Å². The lowest BCUT2D eigenvalue weighted by atomic mass is 10.1. The molecule has 0 spiro atoms. The van der Waals surface area contributed by atoms with Crippen molar-refractivity contribution in [2.75, 3.05) is 7.05 Å². The van der Waals surface area contributed by atoms with Gasteiger partial charge in [0.15, 0.2) is 0 Å². The maximum atomic E-state index is 12.8. The second-order valence-corrected chi connectivity index (χ2v) is 9.89. The van der Waals surface area contributed by atoms with E-state index in [4.69, 9.17) is 27.9 Å². The van der Waals surface area contributed by atoms with Crippen molar-refractivity contribution >= 4 is 29.2 Å². The average molecular weight is 481 g/mol. The first-order chi connectivity index (χ1) is 15.0. The summed E-state index contributed by atoms with van der Waals surface area (Å²) in [6.45, 7) is 10.8. The van der Waals surface area contributed by atoms with Crippen molar-refractivity contribution in [1.82, 2.24) is 9.47 Å². The Balaban J connectivity index is 2.22. The molecule has 1 aromatic carbocycles. The molecular weight excluding hydrogens is 447 g/mol. The Morgan fingerprint density at radius 3 is 2.22 bits per heavy atom. The smallest absolute Gasteiger partial charge is 0.338 e. The lowest BCUT2D eigenvalue weighted by Crippen LogP contribution is -2.34. The summed E-state index contributed by atoms with van der Waals surface area (Å²) in [6, 6.07) is 9.20. The molecule has 1 heterocycles. The number of rotatable bonds is 9. The number of carbonyl (C=O) groups excluding carboxylic acids is 1. The van der Waals surface area contributed by atoms with Crippen LogP contribution >= 0.6 is 23.2 Å². The summed E-state index contributed by atoms with van der Waals surface area (Å²) in [7, 11) is 2.05. The van der Waals surface area contributed by atoms with Crippen LogP contribution < -0.4 is 5.56 Å². The SMILES string of the molecule is CCC(CC)N(C)Cc1c(Cl)cc(Cl)c(=O)n1CCc1ccc(C(=O)OC(C)(C)C)cc1. The summed E-state index contributed by atoms with van der Waals surface area (Å²) in [6.07, 6.45) is 2.64. The molecule has 0 unspecified atom stereocenters. The van der Waals surface area contributed by atoms with Crippen LogP contribution in [0.4, 0.5) is 0 Å². The number of benzene rings is 1. The van der Waals surface area contributed by atoms with E-state index in [0.29, 0.717) is 36.1 Å². The minimum atomic E-state index is -0.541. The number of halogens is 2. The van der Waals surface area contributed by atoms with Crippen molar-refractivity contribution in [3.8, 4) is 0 Å². The average Bonchev–Trinajstić information content (AvgIpc) is 2.71. The zero-order chi connectivity index (χ0) is 24.1. The van der Waals surface area contributed by atoms with Crippen molar-refractivity contribution in [3.05, 3.63) is 67.6 Å². The molecule has 0 aliphatic rings. The number of aryl methyl sites for hydroxylation is 1. The molecule has 0 atom stereocenters. The molecule has 32 heavy (non-hydrogen) atoms. The number of hydrogen-bond donors (Lipinski definition) is 0. The van der Waals surface area contributed by atoms with Gasteiger partial charge in [-0.2, -0.15) is 0 Å². The number of carbonyl (C=O) groups is 1. The van der Waals surface area contributed by atoms with Crippen LogP contribution in [0.2, 0.25) is 10.0 Å². The van der Waals surface area contributed by atoms with Gasteiger partial charge in [-0.3, -0.25) is 9.69 Å². The maximum absolute atomic E-state index is 12.8. The maximum Gasteiger partial charge on any atom is 0.338 e. The van der Waals surface area contributed by atoms with Gasteiger partial charge in [0.25, 0.3) is 5.56 Å². The van der Waals surface area contributed by atoms with Crippen LogP contribution in [-0.2, 0) is 24.2 Å². The van der Waals surface area contributed by atoms with Crippen LogP contribution in [0.25, 0.3) is 0 Å². The van der Waals surface area contributed by atoms with Gasteiger partial charge in [0.05, 0.1) is 16.3 Å². The van der Waals surface area contributed by atoms with E-state index in [9.17, 15) is 9.59 Å². The summed E-state index contributed by atoms with van der Waals surface area (Å²) in [4.78, 5) is 27.3. The molecule has 2 rings (SSSR count). The lowest BCUT2D eigenvalue weighted by molar-refractivity contribution is 0.00695. The van der Waals surface area contributed by atoms with E-state index in [1.54, 1.807) is 16.7 Å². The molecule has 5 nitrogen and oxygen atoms in total. The normalized spacial score (nSPS) is 11.9. The molecule has 0 bridgehead atoms. The summed E-state index contributed by atoms with van der Waals surface area (Å²) in [5.74, 6) is -0.353. The highest BCUT2D eigenvalue weighted by atomic mass is 35.5. The summed E-state index contributed by atoms with van der Waals surface area (Å²) >= 11 is 12.7. The van der Waals surface area contributed by atoms with E-state index in [1.807, 2.05) is 40.0 Å². The Kier molecular flexibility index (Phi) is 9.38. The summed E-state index contributed by atoms with van der Waals surface area (Å²) in [5, 5.41) is 0.608. The van der Waals surface area contributed by atoms with Gasteiger partial charge in [0.1, 0.15) is 10.6 Å². The molecule has 0 saturated heterocycles. The predicted octanol–water partition coefficient (Wildman–Crippen LogP) is 5.97. The van der Waals surface area contributed by atoms with Crippen molar-refractivity contribution < 1.29 is 9.53 Å². The van der Waals surface area contributed by atoms with Gasteiger partial charge in [-0.15, -0.1) is 0 Å². The van der Waals surface area contributed by atoms with Crippen LogP contribution in [0, 0.1) is 0 Å². The van der Waals surface area contributed by atoms with Gasteiger partial charge in [-0.1, -0.05) is 49.2 Å². The second kappa shape index (κ2) is 11.4. The summed E-state index contributed by atoms with van der Waals surface area (Å²) < 4.78 is 7.08. The molecule has 0 aliphatic carbocycles. The number of pyridine rings is 1. The standard InChI is InChI=1S/C25H34Cl2N2O3/c1-7-19(8-2)28(6)16-22-20(26)15-21(27)23(30)29(22)14-13-17-9-11-18(12-10-17)24(31)32-25(3,4)5/h9-12,15,19H,7-8,13-14,16H2,1-6H3. The number of hydrogen-bond acceptors (Lipinski definition) is 4. The van der Waals surface area contributed by atoms with Crippen LogP contribution in [-0.4, -0.2) is 34.1 Å².